The van der Waals surface area contributed by atoms with E-state index in [1.807, 2.05) is 32.2 Å². The van der Waals surface area contributed by atoms with E-state index in [1.54, 1.807) is 14.0 Å². The second kappa shape index (κ2) is 8.43. The number of benzene rings is 1. The molecular formula is C15H23NO4. The second-order valence-electron chi connectivity index (χ2n) is 4.28. The van der Waals surface area contributed by atoms with E-state index in [0.717, 1.165) is 12.1 Å². The van der Waals surface area contributed by atoms with Gasteiger partial charge in [0, 0.05) is 6.54 Å². The van der Waals surface area contributed by atoms with Crippen molar-refractivity contribution in [3.63, 3.8) is 0 Å². The zero-order chi connectivity index (χ0) is 15.0. The summed E-state index contributed by atoms with van der Waals surface area (Å²) in [5, 5.41) is 3.07. The molecular weight excluding hydrogens is 258 g/mol. The number of rotatable bonds is 8. The molecule has 0 saturated carbocycles. The highest BCUT2D eigenvalue weighted by atomic mass is 16.6. The van der Waals surface area contributed by atoms with Crippen molar-refractivity contribution in [2.45, 2.75) is 32.9 Å². The van der Waals surface area contributed by atoms with Crippen molar-refractivity contribution in [1.29, 1.82) is 0 Å². The molecule has 1 atom stereocenters. The van der Waals surface area contributed by atoms with E-state index in [1.165, 1.54) is 0 Å². The zero-order valence-electron chi connectivity index (χ0n) is 12.6. The molecule has 5 heteroatoms. The molecule has 0 aromatic heterocycles. The van der Waals surface area contributed by atoms with Crippen LogP contribution in [0.25, 0.3) is 0 Å². The fourth-order valence-corrected chi connectivity index (χ4v) is 1.81. The highest BCUT2D eigenvalue weighted by Crippen LogP contribution is 2.29. The van der Waals surface area contributed by atoms with Crippen molar-refractivity contribution in [2.75, 3.05) is 20.8 Å². The van der Waals surface area contributed by atoms with Crippen LogP contribution in [0.4, 0.5) is 0 Å². The maximum atomic E-state index is 11.8. The van der Waals surface area contributed by atoms with Crippen LogP contribution >= 0.6 is 0 Å². The number of hydrogen-bond acceptors (Lipinski definition) is 5. The highest BCUT2D eigenvalue weighted by molar-refractivity contribution is 5.75. The number of carbonyl (C=O) groups is 1. The van der Waals surface area contributed by atoms with Crippen LogP contribution < -0.4 is 14.8 Å². The van der Waals surface area contributed by atoms with Crippen LogP contribution in [0.5, 0.6) is 11.5 Å². The van der Waals surface area contributed by atoms with Crippen molar-refractivity contribution in [3.05, 3.63) is 23.8 Å². The molecule has 1 aromatic rings. The van der Waals surface area contributed by atoms with Gasteiger partial charge in [0.15, 0.2) is 17.6 Å². The monoisotopic (exact) mass is 281 g/mol. The fourth-order valence-electron chi connectivity index (χ4n) is 1.81. The first-order valence-corrected chi connectivity index (χ1v) is 6.81. The van der Waals surface area contributed by atoms with Crippen molar-refractivity contribution >= 4 is 5.97 Å². The normalized spacial score (nSPS) is 11.8. The Labute approximate surface area is 120 Å². The smallest absolute Gasteiger partial charge is 0.347 e. The molecule has 0 spiro atoms. The molecule has 1 rings (SSSR count). The summed E-state index contributed by atoms with van der Waals surface area (Å²) in [6.07, 6.45) is -0.0770. The van der Waals surface area contributed by atoms with Gasteiger partial charge in [-0.15, -0.1) is 0 Å². The number of hydrogen-bond donors (Lipinski definition) is 1. The van der Waals surface area contributed by atoms with Gasteiger partial charge in [0.2, 0.25) is 0 Å². The Balaban J connectivity index is 2.91. The largest absolute Gasteiger partial charge is 0.493 e. The quantitative estimate of drug-likeness (QED) is 0.740. The van der Waals surface area contributed by atoms with E-state index >= 15 is 0 Å². The Kier molecular flexibility index (Phi) is 6.87. The van der Waals surface area contributed by atoms with Crippen molar-refractivity contribution in [2.24, 2.45) is 0 Å². The number of ether oxygens (including phenoxy) is 3. The van der Waals surface area contributed by atoms with Crippen molar-refractivity contribution in [1.82, 2.24) is 5.32 Å². The Hall–Kier alpha value is -1.75. The third-order valence-corrected chi connectivity index (χ3v) is 2.80. The SMILES string of the molecule is CCOC(=O)C(CC)Oc1cc(CNC)ccc1OC. The molecule has 0 saturated heterocycles. The van der Waals surface area contributed by atoms with Gasteiger partial charge in [-0.3, -0.25) is 0 Å². The lowest BCUT2D eigenvalue weighted by Gasteiger charge is -2.18. The molecule has 1 unspecified atom stereocenters. The second-order valence-corrected chi connectivity index (χ2v) is 4.28. The van der Waals surface area contributed by atoms with Gasteiger partial charge in [-0.25, -0.2) is 4.79 Å². The lowest BCUT2D eigenvalue weighted by molar-refractivity contribution is -0.151. The van der Waals surface area contributed by atoms with E-state index in [2.05, 4.69) is 5.32 Å². The highest BCUT2D eigenvalue weighted by Gasteiger charge is 2.21. The first-order chi connectivity index (χ1) is 9.65. The van der Waals surface area contributed by atoms with Gasteiger partial charge in [0.1, 0.15) is 0 Å². The van der Waals surface area contributed by atoms with E-state index in [4.69, 9.17) is 14.2 Å². The van der Waals surface area contributed by atoms with Crippen LogP contribution in [0.2, 0.25) is 0 Å². The third-order valence-electron chi connectivity index (χ3n) is 2.80. The van der Waals surface area contributed by atoms with Crippen molar-refractivity contribution in [3.8, 4) is 11.5 Å². The summed E-state index contributed by atoms with van der Waals surface area (Å²) >= 11 is 0. The van der Waals surface area contributed by atoms with E-state index in [0.29, 0.717) is 24.5 Å². The first-order valence-electron chi connectivity index (χ1n) is 6.81. The van der Waals surface area contributed by atoms with Crippen LogP contribution in [0.3, 0.4) is 0 Å². The van der Waals surface area contributed by atoms with Gasteiger partial charge in [0.25, 0.3) is 0 Å². The molecule has 0 aliphatic rings. The van der Waals surface area contributed by atoms with Gasteiger partial charge in [-0.05, 0) is 38.1 Å². The molecule has 0 amide bonds. The lowest BCUT2D eigenvalue weighted by atomic mass is 10.2. The summed E-state index contributed by atoms with van der Waals surface area (Å²) in [5.74, 6) is 0.809. The van der Waals surface area contributed by atoms with Crippen LogP contribution in [0, 0.1) is 0 Å². The van der Waals surface area contributed by atoms with E-state index in [-0.39, 0.29) is 5.97 Å². The molecule has 0 fully saturated rings. The van der Waals surface area contributed by atoms with Crippen LogP contribution in [-0.4, -0.2) is 32.8 Å². The Morgan fingerprint density at radius 2 is 2.05 bits per heavy atom. The molecule has 0 heterocycles. The van der Waals surface area contributed by atoms with Gasteiger partial charge >= 0.3 is 5.97 Å². The molecule has 0 aliphatic heterocycles. The summed E-state index contributed by atoms with van der Waals surface area (Å²) in [5.41, 5.74) is 1.06. The Morgan fingerprint density at radius 1 is 1.30 bits per heavy atom. The standard InChI is InChI=1S/C15H23NO4/c1-5-12(15(17)19-6-2)20-14-9-11(10-16-3)7-8-13(14)18-4/h7-9,12,16H,5-6,10H2,1-4H3. The van der Waals surface area contributed by atoms with Gasteiger partial charge < -0.3 is 19.5 Å². The number of esters is 1. The van der Waals surface area contributed by atoms with Gasteiger partial charge in [0.05, 0.1) is 13.7 Å². The maximum absolute atomic E-state index is 11.8. The number of carbonyl (C=O) groups excluding carboxylic acids is 1. The van der Waals surface area contributed by atoms with Gasteiger partial charge in [-0.2, -0.15) is 0 Å². The lowest BCUT2D eigenvalue weighted by Crippen LogP contribution is -2.28. The number of nitrogens with one attached hydrogen (secondary N) is 1. The molecule has 1 aromatic carbocycles. The predicted octanol–water partition coefficient (Wildman–Crippen LogP) is 2.14. The summed E-state index contributed by atoms with van der Waals surface area (Å²) in [6, 6.07) is 5.66. The van der Waals surface area contributed by atoms with Crippen LogP contribution in [0.15, 0.2) is 18.2 Å². The molecule has 1 N–H and O–H groups in total. The minimum atomic E-state index is -0.617. The minimum Gasteiger partial charge on any atom is -0.493 e. The summed E-state index contributed by atoms with van der Waals surface area (Å²) in [7, 11) is 3.45. The molecule has 20 heavy (non-hydrogen) atoms. The topological polar surface area (TPSA) is 56.8 Å². The Morgan fingerprint density at radius 3 is 2.60 bits per heavy atom. The van der Waals surface area contributed by atoms with E-state index < -0.39 is 6.10 Å². The van der Waals surface area contributed by atoms with Crippen LogP contribution in [-0.2, 0) is 16.1 Å². The predicted molar refractivity (Wildman–Crippen MR) is 77.1 cm³/mol. The van der Waals surface area contributed by atoms with Crippen LogP contribution in [0.1, 0.15) is 25.8 Å². The minimum absolute atomic E-state index is 0.343. The average molecular weight is 281 g/mol. The molecule has 5 nitrogen and oxygen atoms in total. The average Bonchev–Trinajstić information content (AvgIpc) is 2.45. The fraction of sp³-hybridized carbons (Fsp3) is 0.533. The third kappa shape index (κ3) is 4.42. The summed E-state index contributed by atoms with van der Waals surface area (Å²) < 4.78 is 16.0. The Bertz CT molecular complexity index is 434. The molecule has 0 aliphatic carbocycles. The molecule has 112 valence electrons. The first kappa shape index (κ1) is 16.3. The molecule has 0 bridgehead atoms. The molecule has 0 radical (unpaired) electrons. The van der Waals surface area contributed by atoms with Crippen molar-refractivity contribution < 1.29 is 19.0 Å². The van der Waals surface area contributed by atoms with Gasteiger partial charge in [-0.1, -0.05) is 13.0 Å². The number of methoxy groups -OCH3 is 1. The zero-order valence-corrected chi connectivity index (χ0v) is 12.6. The van der Waals surface area contributed by atoms with E-state index in [9.17, 15) is 4.79 Å². The summed E-state index contributed by atoms with van der Waals surface area (Å²) in [4.78, 5) is 11.8. The maximum Gasteiger partial charge on any atom is 0.347 e. The summed E-state index contributed by atoms with van der Waals surface area (Å²) in [6.45, 7) is 4.72.